The maximum Gasteiger partial charge on any atom is 0.364 e. The quantitative estimate of drug-likeness (QED) is 0.212. The molecule has 0 saturated heterocycles. The van der Waals surface area contributed by atoms with E-state index in [1.54, 1.807) is 6.07 Å². The van der Waals surface area contributed by atoms with Crippen molar-refractivity contribution in [1.82, 2.24) is 0 Å². The molecule has 0 fully saturated rings. The van der Waals surface area contributed by atoms with Crippen LogP contribution in [0.15, 0.2) is 30.9 Å². The number of benzene rings is 1. The number of hydrogen-bond donors (Lipinski definition) is 0. The number of allylic oxidation sites excluding steroid dienone is 1. The van der Waals surface area contributed by atoms with Crippen LogP contribution in [0.1, 0.15) is 5.56 Å². The standard InChI is InChI=1S/C11H8Cl3NO4/c1-2-4-7-5-3-6-8(15(17)18)9(7)19-10(16)11(12,13)14/h2-3,5-6H,1,4H2. The zero-order chi connectivity index (χ0) is 14.6. The summed E-state index contributed by atoms with van der Waals surface area (Å²) >= 11 is 16.1. The molecule has 1 aromatic carbocycles. The van der Waals surface area contributed by atoms with Crippen molar-refractivity contribution in [3.8, 4) is 5.75 Å². The van der Waals surface area contributed by atoms with Crippen LogP contribution >= 0.6 is 34.8 Å². The zero-order valence-corrected chi connectivity index (χ0v) is 11.7. The number of rotatable bonds is 4. The molecule has 0 amide bonds. The topological polar surface area (TPSA) is 69.4 Å². The highest BCUT2D eigenvalue weighted by atomic mass is 35.6. The number of halogens is 3. The number of para-hydroxylation sites is 1. The van der Waals surface area contributed by atoms with Gasteiger partial charge < -0.3 is 4.74 Å². The molecule has 19 heavy (non-hydrogen) atoms. The molecule has 1 rings (SSSR count). The average Bonchev–Trinajstić information content (AvgIpc) is 2.29. The van der Waals surface area contributed by atoms with Crippen LogP contribution in [-0.2, 0) is 11.2 Å². The van der Waals surface area contributed by atoms with Crippen LogP contribution in [0.5, 0.6) is 5.75 Å². The SMILES string of the molecule is C=CCc1cccc([N+](=O)[O-])c1OC(=O)C(Cl)(Cl)Cl. The van der Waals surface area contributed by atoms with Crippen LogP contribution in [0.4, 0.5) is 5.69 Å². The van der Waals surface area contributed by atoms with E-state index in [1.165, 1.54) is 18.2 Å². The molecule has 8 heteroatoms. The van der Waals surface area contributed by atoms with Crippen LogP contribution in [0.25, 0.3) is 0 Å². The highest BCUT2D eigenvalue weighted by Crippen LogP contribution is 2.35. The Morgan fingerprint density at radius 2 is 2.11 bits per heavy atom. The van der Waals surface area contributed by atoms with Crippen LogP contribution in [0, 0.1) is 10.1 Å². The molecule has 0 N–H and O–H groups in total. The highest BCUT2D eigenvalue weighted by Gasteiger charge is 2.35. The number of esters is 1. The van der Waals surface area contributed by atoms with Gasteiger partial charge >= 0.3 is 11.7 Å². The van der Waals surface area contributed by atoms with E-state index < -0.39 is 14.7 Å². The lowest BCUT2D eigenvalue weighted by atomic mass is 10.1. The smallest absolute Gasteiger partial charge is 0.364 e. The molecule has 0 aliphatic heterocycles. The Bertz CT molecular complexity index is 525. The first-order valence-corrected chi connectivity index (χ1v) is 6.07. The van der Waals surface area contributed by atoms with Crippen LogP contribution in [0.3, 0.4) is 0 Å². The summed E-state index contributed by atoms with van der Waals surface area (Å²) in [5.41, 5.74) is 0.00810. The molecule has 0 spiro atoms. The van der Waals surface area contributed by atoms with Gasteiger partial charge in [-0.2, -0.15) is 0 Å². The van der Waals surface area contributed by atoms with Crippen molar-refractivity contribution in [1.29, 1.82) is 0 Å². The van der Waals surface area contributed by atoms with E-state index in [9.17, 15) is 14.9 Å². The molecule has 0 aliphatic carbocycles. The van der Waals surface area contributed by atoms with Gasteiger partial charge in [0.2, 0.25) is 5.75 Å². The first kappa shape index (κ1) is 15.8. The summed E-state index contributed by atoms with van der Waals surface area (Å²) in [7, 11) is 0. The van der Waals surface area contributed by atoms with Gasteiger partial charge in [-0.1, -0.05) is 53.0 Å². The number of carbonyl (C=O) groups is 1. The summed E-state index contributed by atoms with van der Waals surface area (Å²) in [5, 5.41) is 10.9. The van der Waals surface area contributed by atoms with Crippen LogP contribution < -0.4 is 4.74 Å². The van der Waals surface area contributed by atoms with Crippen molar-refractivity contribution in [3.63, 3.8) is 0 Å². The van der Waals surface area contributed by atoms with Crippen molar-refractivity contribution < 1.29 is 14.5 Å². The first-order chi connectivity index (χ1) is 8.77. The summed E-state index contributed by atoms with van der Waals surface area (Å²) in [6, 6.07) is 4.20. The van der Waals surface area contributed by atoms with E-state index in [2.05, 4.69) is 6.58 Å². The van der Waals surface area contributed by atoms with E-state index in [0.29, 0.717) is 5.56 Å². The number of nitrogens with zero attached hydrogens (tertiary/aromatic N) is 1. The largest absolute Gasteiger partial charge is 0.416 e. The van der Waals surface area contributed by atoms with Crippen LogP contribution in [0.2, 0.25) is 0 Å². The summed E-state index contributed by atoms with van der Waals surface area (Å²) in [5.74, 6) is -1.46. The molecule has 1 aromatic rings. The van der Waals surface area contributed by atoms with E-state index in [0.717, 1.165) is 0 Å². The molecular weight excluding hydrogens is 316 g/mol. The fraction of sp³-hybridized carbons (Fsp3) is 0.182. The maximum atomic E-state index is 11.5. The lowest BCUT2D eigenvalue weighted by molar-refractivity contribution is -0.385. The van der Waals surface area contributed by atoms with Crippen LogP contribution in [-0.4, -0.2) is 14.7 Å². The van der Waals surface area contributed by atoms with Gasteiger partial charge in [0.25, 0.3) is 3.79 Å². The number of carbonyl (C=O) groups excluding carboxylic acids is 1. The second kappa shape index (κ2) is 6.23. The third kappa shape index (κ3) is 4.09. The highest BCUT2D eigenvalue weighted by molar-refractivity contribution is 6.75. The minimum Gasteiger partial charge on any atom is -0.416 e. The van der Waals surface area contributed by atoms with Gasteiger partial charge in [0.1, 0.15) is 0 Å². The Hall–Kier alpha value is -1.30. The van der Waals surface area contributed by atoms with Crippen molar-refractivity contribution in [2.24, 2.45) is 0 Å². The number of nitro benzene ring substituents is 1. The molecule has 102 valence electrons. The van der Waals surface area contributed by atoms with Gasteiger partial charge in [0, 0.05) is 11.6 Å². The fourth-order valence-electron chi connectivity index (χ4n) is 1.30. The average molecular weight is 325 g/mol. The van der Waals surface area contributed by atoms with E-state index in [-0.39, 0.29) is 17.9 Å². The second-order valence-corrected chi connectivity index (χ2v) is 5.68. The van der Waals surface area contributed by atoms with Gasteiger partial charge in [-0.05, 0) is 6.42 Å². The van der Waals surface area contributed by atoms with Crippen molar-refractivity contribution in [2.45, 2.75) is 10.2 Å². The lowest BCUT2D eigenvalue weighted by Crippen LogP contribution is -2.25. The third-order valence-corrected chi connectivity index (χ3v) is 2.53. The van der Waals surface area contributed by atoms with E-state index >= 15 is 0 Å². The van der Waals surface area contributed by atoms with E-state index in [4.69, 9.17) is 39.5 Å². The maximum absolute atomic E-state index is 11.5. The van der Waals surface area contributed by atoms with Gasteiger partial charge in [0.05, 0.1) is 4.92 Å². The Kier molecular flexibility index (Phi) is 5.17. The molecule has 0 heterocycles. The molecule has 0 unspecified atom stereocenters. The summed E-state index contributed by atoms with van der Waals surface area (Å²) in [4.78, 5) is 21.7. The Balaban J connectivity index is 3.25. The lowest BCUT2D eigenvalue weighted by Gasteiger charge is -2.12. The van der Waals surface area contributed by atoms with E-state index in [1.807, 2.05) is 0 Å². The minimum atomic E-state index is -2.31. The predicted molar refractivity (Wildman–Crippen MR) is 72.9 cm³/mol. The zero-order valence-electron chi connectivity index (χ0n) is 9.44. The molecule has 0 radical (unpaired) electrons. The molecule has 0 saturated carbocycles. The summed E-state index contributed by atoms with van der Waals surface area (Å²) in [6.45, 7) is 3.51. The second-order valence-electron chi connectivity index (χ2n) is 3.40. The normalized spacial score (nSPS) is 10.9. The molecular formula is C11H8Cl3NO4. The molecule has 0 bridgehead atoms. The van der Waals surface area contributed by atoms with Gasteiger partial charge in [-0.15, -0.1) is 6.58 Å². The van der Waals surface area contributed by atoms with Gasteiger partial charge in [-0.25, -0.2) is 4.79 Å². The van der Waals surface area contributed by atoms with Gasteiger partial charge in [0.15, 0.2) is 0 Å². The summed E-state index contributed by atoms with van der Waals surface area (Å²) in [6.07, 6.45) is 1.77. The molecule has 0 aliphatic rings. The third-order valence-electron chi connectivity index (χ3n) is 2.06. The Morgan fingerprint density at radius 3 is 2.58 bits per heavy atom. The molecule has 0 aromatic heterocycles. The predicted octanol–water partition coefficient (Wildman–Crippen LogP) is 3.60. The number of nitro groups is 1. The van der Waals surface area contributed by atoms with Gasteiger partial charge in [-0.3, -0.25) is 10.1 Å². The van der Waals surface area contributed by atoms with Crippen molar-refractivity contribution >= 4 is 46.5 Å². The molecule has 5 nitrogen and oxygen atoms in total. The van der Waals surface area contributed by atoms with Crippen molar-refractivity contribution in [2.75, 3.05) is 0 Å². The minimum absolute atomic E-state index is 0.247. The number of hydrogen-bond acceptors (Lipinski definition) is 4. The van der Waals surface area contributed by atoms with Crippen molar-refractivity contribution in [3.05, 3.63) is 46.5 Å². The molecule has 0 atom stereocenters. The Labute approximate surface area is 123 Å². The summed E-state index contributed by atoms with van der Waals surface area (Å²) < 4.78 is 2.52. The Morgan fingerprint density at radius 1 is 1.47 bits per heavy atom. The number of ether oxygens (including phenoxy) is 1. The monoisotopic (exact) mass is 323 g/mol. The first-order valence-electron chi connectivity index (χ1n) is 4.93. The number of alkyl halides is 3. The fourth-order valence-corrected chi connectivity index (χ4v) is 1.42.